The first-order valence-electron chi connectivity index (χ1n) is 2.90. The summed E-state index contributed by atoms with van der Waals surface area (Å²) in [6, 6.07) is 1.90. The summed E-state index contributed by atoms with van der Waals surface area (Å²) in [5.41, 5.74) is -0.958. The molecule has 0 saturated heterocycles. The number of rotatable bonds is 0. The third kappa shape index (κ3) is 2.50. The first-order chi connectivity index (χ1) is 3.77. The van der Waals surface area contributed by atoms with Crippen molar-refractivity contribution in [3.63, 3.8) is 0 Å². The minimum atomic E-state index is -0.958. The molecule has 0 aromatic rings. The van der Waals surface area contributed by atoms with Crippen LogP contribution in [-0.2, 0) is 0 Å². The van der Waals surface area contributed by atoms with Gasteiger partial charge in [0.15, 0.2) is 5.60 Å². The van der Waals surface area contributed by atoms with E-state index in [1.54, 1.807) is 0 Å². The molecule has 2 nitrogen and oxygen atoms in total. The van der Waals surface area contributed by atoms with Crippen LogP contribution in [-0.4, -0.2) is 10.7 Å². The number of hydrogen-bond acceptors (Lipinski definition) is 2. The minimum absolute atomic E-state index is 0. The average Bonchev–Trinajstić information content (AvgIpc) is 2.17. The monoisotopic (exact) mass is 251 g/mol. The summed E-state index contributed by atoms with van der Waals surface area (Å²) in [5, 5.41) is 17.5. The molecule has 0 spiro atoms. The van der Waals surface area contributed by atoms with E-state index in [0.717, 1.165) is 12.8 Å². The van der Waals surface area contributed by atoms with Gasteiger partial charge in [-0.3, -0.25) is 0 Å². The summed E-state index contributed by atoms with van der Waals surface area (Å²) < 4.78 is 0. The SMILES string of the molecule is N#CC1(O)CCCC1.[Ce]. The fourth-order valence-corrected chi connectivity index (χ4v) is 1.07. The molecular formula is C6H9CeNO. The van der Waals surface area contributed by atoms with Crippen LogP contribution in [0.3, 0.4) is 0 Å². The molecule has 0 heterocycles. The van der Waals surface area contributed by atoms with Crippen molar-refractivity contribution in [2.75, 3.05) is 0 Å². The molecule has 1 N–H and O–H groups in total. The summed E-state index contributed by atoms with van der Waals surface area (Å²) in [7, 11) is 0. The van der Waals surface area contributed by atoms with Crippen molar-refractivity contribution in [3.8, 4) is 6.07 Å². The van der Waals surface area contributed by atoms with Gasteiger partial charge in [-0.15, -0.1) is 0 Å². The minimum Gasteiger partial charge on any atom is -0.375 e. The van der Waals surface area contributed by atoms with Gasteiger partial charge in [0.2, 0.25) is 0 Å². The molecule has 0 amide bonds. The molecule has 0 aromatic heterocycles. The fraction of sp³-hybridized carbons (Fsp3) is 0.833. The normalized spacial score (nSPS) is 22.2. The van der Waals surface area contributed by atoms with Gasteiger partial charge in [0.05, 0.1) is 6.07 Å². The van der Waals surface area contributed by atoms with E-state index < -0.39 is 5.60 Å². The number of nitriles is 1. The van der Waals surface area contributed by atoms with Crippen molar-refractivity contribution in [2.45, 2.75) is 31.3 Å². The molecule has 0 atom stereocenters. The molecule has 9 heavy (non-hydrogen) atoms. The van der Waals surface area contributed by atoms with E-state index in [1.807, 2.05) is 6.07 Å². The maximum Gasteiger partial charge on any atom is 0.151 e. The van der Waals surface area contributed by atoms with Gasteiger partial charge in [-0.05, 0) is 25.7 Å². The van der Waals surface area contributed by atoms with Crippen LogP contribution in [0.2, 0.25) is 0 Å². The standard InChI is InChI=1S/C6H9NO.Ce/c7-5-6(8)3-1-2-4-6;/h8H,1-4H2;. The topological polar surface area (TPSA) is 44.0 Å². The Kier molecular flexibility index (Phi) is 4.22. The molecule has 1 aliphatic rings. The number of nitrogens with zero attached hydrogens (tertiary/aromatic N) is 1. The molecule has 0 radical (unpaired) electrons. The maximum absolute atomic E-state index is 9.14. The number of aliphatic hydroxyl groups is 1. The third-order valence-electron chi connectivity index (χ3n) is 1.64. The molecule has 0 aromatic carbocycles. The Bertz CT molecular complexity index is 124. The van der Waals surface area contributed by atoms with Crippen molar-refractivity contribution >= 4 is 0 Å². The van der Waals surface area contributed by atoms with Crippen molar-refractivity contribution in [1.29, 1.82) is 5.26 Å². The zero-order valence-electron chi connectivity index (χ0n) is 5.22. The molecule has 1 rings (SSSR count). The van der Waals surface area contributed by atoms with E-state index in [9.17, 15) is 0 Å². The molecular weight excluding hydrogens is 242 g/mol. The van der Waals surface area contributed by atoms with Crippen LogP contribution in [0.5, 0.6) is 0 Å². The van der Waals surface area contributed by atoms with Gasteiger partial charge in [0.1, 0.15) is 0 Å². The first-order valence-corrected chi connectivity index (χ1v) is 2.90. The predicted octanol–water partition coefficient (Wildman–Crippen LogP) is 0.815. The van der Waals surface area contributed by atoms with E-state index in [4.69, 9.17) is 10.4 Å². The molecule has 48 valence electrons. The molecule has 0 aliphatic heterocycles. The van der Waals surface area contributed by atoms with Crippen LogP contribution in [0.15, 0.2) is 0 Å². The van der Waals surface area contributed by atoms with Crippen LogP contribution in [0.25, 0.3) is 0 Å². The smallest absolute Gasteiger partial charge is 0.151 e. The molecule has 0 bridgehead atoms. The van der Waals surface area contributed by atoms with Gasteiger partial charge in [0, 0.05) is 41.7 Å². The van der Waals surface area contributed by atoms with Gasteiger partial charge < -0.3 is 5.11 Å². The van der Waals surface area contributed by atoms with Crippen LogP contribution < -0.4 is 0 Å². The summed E-state index contributed by atoms with van der Waals surface area (Å²) in [5.74, 6) is 0. The van der Waals surface area contributed by atoms with E-state index in [2.05, 4.69) is 0 Å². The van der Waals surface area contributed by atoms with Crippen LogP contribution in [0.4, 0.5) is 0 Å². The second kappa shape index (κ2) is 3.87. The summed E-state index contributed by atoms with van der Waals surface area (Å²) in [4.78, 5) is 0. The van der Waals surface area contributed by atoms with Crippen molar-refractivity contribution in [2.24, 2.45) is 0 Å². The second-order valence-electron chi connectivity index (χ2n) is 2.35. The molecule has 1 saturated carbocycles. The van der Waals surface area contributed by atoms with Gasteiger partial charge >= 0.3 is 0 Å². The quantitative estimate of drug-likeness (QED) is 0.648. The first kappa shape index (κ1) is 9.83. The summed E-state index contributed by atoms with van der Waals surface area (Å²) in [6.07, 6.45) is 3.35. The Labute approximate surface area is 88.6 Å². The Hall–Kier alpha value is 0.827. The van der Waals surface area contributed by atoms with Gasteiger partial charge in [-0.1, -0.05) is 0 Å². The Balaban J connectivity index is 0.000000640. The zero-order valence-corrected chi connectivity index (χ0v) is 8.36. The molecule has 1 aliphatic carbocycles. The van der Waals surface area contributed by atoms with E-state index in [-0.39, 0.29) is 41.7 Å². The Morgan fingerprint density at radius 1 is 1.33 bits per heavy atom. The van der Waals surface area contributed by atoms with Crippen LogP contribution in [0, 0.1) is 53.1 Å². The average molecular weight is 251 g/mol. The summed E-state index contributed by atoms with van der Waals surface area (Å²) in [6.45, 7) is 0. The number of hydrogen-bond donors (Lipinski definition) is 1. The van der Waals surface area contributed by atoms with Crippen molar-refractivity contribution in [1.82, 2.24) is 0 Å². The van der Waals surface area contributed by atoms with Gasteiger partial charge in [-0.2, -0.15) is 5.26 Å². The van der Waals surface area contributed by atoms with Crippen molar-refractivity contribution < 1.29 is 46.9 Å². The third-order valence-corrected chi connectivity index (χ3v) is 1.64. The van der Waals surface area contributed by atoms with Gasteiger partial charge in [-0.25, -0.2) is 0 Å². The fourth-order valence-electron chi connectivity index (χ4n) is 1.07. The van der Waals surface area contributed by atoms with E-state index in [1.165, 1.54) is 0 Å². The predicted molar refractivity (Wildman–Crippen MR) is 29.0 cm³/mol. The van der Waals surface area contributed by atoms with Gasteiger partial charge in [0.25, 0.3) is 0 Å². The summed E-state index contributed by atoms with van der Waals surface area (Å²) >= 11 is 0. The van der Waals surface area contributed by atoms with E-state index >= 15 is 0 Å². The van der Waals surface area contributed by atoms with Crippen LogP contribution >= 0.6 is 0 Å². The van der Waals surface area contributed by atoms with Crippen LogP contribution in [0.1, 0.15) is 25.7 Å². The molecule has 3 heteroatoms. The Morgan fingerprint density at radius 3 is 2.00 bits per heavy atom. The van der Waals surface area contributed by atoms with E-state index in [0.29, 0.717) is 12.8 Å². The van der Waals surface area contributed by atoms with Crippen molar-refractivity contribution in [3.05, 3.63) is 0 Å². The largest absolute Gasteiger partial charge is 0.375 e. The Morgan fingerprint density at radius 2 is 1.78 bits per heavy atom. The second-order valence-corrected chi connectivity index (χ2v) is 2.35. The molecule has 1 fully saturated rings. The zero-order chi connectivity index (χ0) is 6.04. The molecule has 0 unspecified atom stereocenters. The maximum atomic E-state index is 9.14.